The second-order valence-electron chi connectivity index (χ2n) is 9.02. The van der Waals surface area contributed by atoms with E-state index in [0.29, 0.717) is 17.3 Å². The number of anilines is 2. The molecule has 7 heteroatoms. The van der Waals surface area contributed by atoms with Crippen LogP contribution in [0.3, 0.4) is 0 Å². The van der Waals surface area contributed by atoms with E-state index >= 15 is 0 Å². The van der Waals surface area contributed by atoms with Crippen LogP contribution in [-0.4, -0.2) is 35.2 Å². The number of carbonyl (C=O) groups excluding carboxylic acids is 3. The summed E-state index contributed by atoms with van der Waals surface area (Å²) in [5.41, 5.74) is 2.93. The second kappa shape index (κ2) is 6.17. The molecule has 6 rings (SSSR count). The first-order valence-electron chi connectivity index (χ1n) is 10.7. The Labute approximate surface area is 185 Å². The molecule has 3 fully saturated rings. The van der Waals surface area contributed by atoms with Crippen molar-refractivity contribution in [2.45, 2.75) is 38.3 Å². The summed E-state index contributed by atoms with van der Waals surface area (Å²) < 4.78 is 0. The quantitative estimate of drug-likeness (QED) is 0.697. The summed E-state index contributed by atoms with van der Waals surface area (Å²) in [4.78, 5) is 44.6. The standard InChI is InChI=1S/C24H22ClN3O3/c1-12-9-10-14-20(13(12)2)26-23(31)24(14)19-18(17-8-5-11-27(17)24)21(29)28(22(19)30)16-7-4-3-6-15(16)25/h3-4,6-7,9-10,17-19H,5,8,11H2,1-2H3,(H,26,31)/t17-,18+,19-,24-/m0/s1. The predicted molar refractivity (Wildman–Crippen MR) is 117 cm³/mol. The third-order valence-electron chi connectivity index (χ3n) is 7.79. The summed E-state index contributed by atoms with van der Waals surface area (Å²) in [6.45, 7) is 4.69. The Kier molecular flexibility index (Phi) is 3.79. The van der Waals surface area contributed by atoms with Crippen molar-refractivity contribution in [2.24, 2.45) is 11.8 Å². The molecule has 4 aliphatic rings. The normalized spacial score (nSPS) is 31.4. The van der Waals surface area contributed by atoms with Gasteiger partial charge in [-0.1, -0.05) is 35.9 Å². The molecule has 3 saturated heterocycles. The average Bonchev–Trinajstić information content (AvgIpc) is 3.45. The van der Waals surface area contributed by atoms with Crippen molar-refractivity contribution >= 4 is 40.7 Å². The van der Waals surface area contributed by atoms with E-state index in [2.05, 4.69) is 10.2 Å². The van der Waals surface area contributed by atoms with E-state index in [1.54, 1.807) is 24.3 Å². The van der Waals surface area contributed by atoms with Crippen molar-refractivity contribution in [1.29, 1.82) is 0 Å². The average molecular weight is 436 g/mol. The molecule has 0 aliphatic carbocycles. The van der Waals surface area contributed by atoms with Gasteiger partial charge in [0.05, 0.1) is 22.5 Å². The Hall–Kier alpha value is -2.70. The Morgan fingerprint density at radius 1 is 1.06 bits per heavy atom. The summed E-state index contributed by atoms with van der Waals surface area (Å²) in [6, 6.07) is 10.7. The number of fused-ring (bicyclic) bond motifs is 7. The predicted octanol–water partition coefficient (Wildman–Crippen LogP) is 3.39. The monoisotopic (exact) mass is 435 g/mol. The minimum absolute atomic E-state index is 0.132. The molecule has 2 aromatic rings. The van der Waals surface area contributed by atoms with Gasteiger partial charge in [-0.05, 0) is 56.5 Å². The third-order valence-corrected chi connectivity index (χ3v) is 8.11. The first-order chi connectivity index (χ1) is 14.9. The number of aryl methyl sites for hydroxylation is 1. The van der Waals surface area contributed by atoms with Gasteiger partial charge in [-0.3, -0.25) is 19.3 Å². The smallest absolute Gasteiger partial charge is 0.250 e. The number of halogens is 1. The molecule has 0 aromatic heterocycles. The van der Waals surface area contributed by atoms with Gasteiger partial charge in [0, 0.05) is 17.3 Å². The van der Waals surface area contributed by atoms with Crippen molar-refractivity contribution in [3.63, 3.8) is 0 Å². The van der Waals surface area contributed by atoms with Crippen LogP contribution < -0.4 is 10.2 Å². The maximum absolute atomic E-state index is 13.9. The van der Waals surface area contributed by atoms with Crippen LogP contribution in [0.15, 0.2) is 36.4 Å². The zero-order valence-electron chi connectivity index (χ0n) is 17.3. The van der Waals surface area contributed by atoms with E-state index in [1.807, 2.05) is 26.0 Å². The van der Waals surface area contributed by atoms with Gasteiger partial charge in [-0.25, -0.2) is 4.90 Å². The number of amides is 3. The summed E-state index contributed by atoms with van der Waals surface area (Å²) in [6.07, 6.45) is 1.70. The van der Waals surface area contributed by atoms with Gasteiger partial charge in [-0.15, -0.1) is 0 Å². The number of hydrogen-bond acceptors (Lipinski definition) is 4. The van der Waals surface area contributed by atoms with Crippen LogP contribution in [0.1, 0.15) is 29.5 Å². The van der Waals surface area contributed by atoms with E-state index in [9.17, 15) is 14.4 Å². The van der Waals surface area contributed by atoms with Crippen LogP contribution in [0, 0.1) is 25.7 Å². The van der Waals surface area contributed by atoms with Crippen LogP contribution in [0.2, 0.25) is 5.02 Å². The minimum Gasteiger partial charge on any atom is -0.324 e. The lowest BCUT2D eigenvalue weighted by Crippen LogP contribution is -2.54. The zero-order valence-corrected chi connectivity index (χ0v) is 18.1. The molecule has 4 heterocycles. The van der Waals surface area contributed by atoms with Crippen LogP contribution in [-0.2, 0) is 19.9 Å². The highest BCUT2D eigenvalue weighted by Gasteiger charge is 2.74. The number of nitrogens with zero attached hydrogens (tertiary/aromatic N) is 2. The minimum atomic E-state index is -1.15. The molecule has 3 amide bonds. The molecule has 1 spiro atoms. The summed E-state index contributed by atoms with van der Waals surface area (Å²) in [5, 5.41) is 3.43. The number of rotatable bonds is 1. The van der Waals surface area contributed by atoms with Gasteiger partial charge in [0.1, 0.15) is 5.54 Å². The van der Waals surface area contributed by atoms with Crippen LogP contribution in [0.5, 0.6) is 0 Å². The molecule has 2 aromatic carbocycles. The lowest BCUT2D eigenvalue weighted by Gasteiger charge is -2.36. The lowest BCUT2D eigenvalue weighted by molar-refractivity contribution is -0.135. The maximum Gasteiger partial charge on any atom is 0.250 e. The molecular formula is C24H22ClN3O3. The molecule has 1 N–H and O–H groups in total. The highest BCUT2D eigenvalue weighted by atomic mass is 35.5. The summed E-state index contributed by atoms with van der Waals surface area (Å²) in [5.74, 6) is -2.09. The van der Waals surface area contributed by atoms with E-state index in [0.717, 1.165) is 35.2 Å². The molecule has 0 unspecified atom stereocenters. The van der Waals surface area contributed by atoms with E-state index in [1.165, 1.54) is 4.90 Å². The molecular weight excluding hydrogens is 414 g/mol. The fraction of sp³-hybridized carbons (Fsp3) is 0.375. The Morgan fingerprint density at radius 2 is 1.84 bits per heavy atom. The fourth-order valence-electron chi connectivity index (χ4n) is 6.39. The lowest BCUT2D eigenvalue weighted by atomic mass is 9.75. The second-order valence-corrected chi connectivity index (χ2v) is 9.43. The third kappa shape index (κ3) is 2.10. The van der Waals surface area contributed by atoms with Crippen molar-refractivity contribution in [1.82, 2.24) is 4.90 Å². The highest BCUT2D eigenvalue weighted by Crippen LogP contribution is 2.61. The van der Waals surface area contributed by atoms with E-state index in [-0.39, 0.29) is 23.8 Å². The van der Waals surface area contributed by atoms with Crippen LogP contribution in [0.4, 0.5) is 11.4 Å². The highest BCUT2D eigenvalue weighted by molar-refractivity contribution is 6.36. The molecule has 4 aliphatic heterocycles. The van der Waals surface area contributed by atoms with Crippen molar-refractivity contribution in [2.75, 3.05) is 16.8 Å². The number of carbonyl (C=O) groups is 3. The summed E-state index contributed by atoms with van der Waals surface area (Å²) >= 11 is 6.37. The summed E-state index contributed by atoms with van der Waals surface area (Å²) in [7, 11) is 0. The van der Waals surface area contributed by atoms with Crippen LogP contribution in [0.25, 0.3) is 0 Å². The Balaban J connectivity index is 1.59. The number of imide groups is 1. The number of para-hydroxylation sites is 1. The number of hydrogen-bond donors (Lipinski definition) is 1. The van der Waals surface area contributed by atoms with E-state index in [4.69, 9.17) is 11.6 Å². The van der Waals surface area contributed by atoms with Gasteiger partial charge >= 0.3 is 0 Å². The van der Waals surface area contributed by atoms with Gasteiger partial charge in [-0.2, -0.15) is 0 Å². The Morgan fingerprint density at radius 3 is 2.61 bits per heavy atom. The maximum atomic E-state index is 13.9. The van der Waals surface area contributed by atoms with Crippen molar-refractivity contribution < 1.29 is 14.4 Å². The molecule has 0 bridgehead atoms. The van der Waals surface area contributed by atoms with Crippen molar-refractivity contribution in [3.05, 3.63) is 58.1 Å². The molecule has 0 radical (unpaired) electrons. The number of benzene rings is 2. The molecule has 158 valence electrons. The van der Waals surface area contributed by atoms with Crippen LogP contribution >= 0.6 is 11.6 Å². The molecule has 31 heavy (non-hydrogen) atoms. The Bertz CT molecular complexity index is 1190. The fourth-order valence-corrected chi connectivity index (χ4v) is 6.61. The van der Waals surface area contributed by atoms with Gasteiger partial charge in [0.2, 0.25) is 17.7 Å². The SMILES string of the molecule is Cc1ccc2c(c1C)NC(=O)[C@@]21[C@@H]2C(=O)N(c3ccccc3Cl)C(=O)[C@@H]2[C@@H]2CCCN21. The zero-order chi connectivity index (χ0) is 21.7. The van der Waals surface area contributed by atoms with Gasteiger partial charge < -0.3 is 5.32 Å². The topological polar surface area (TPSA) is 69.7 Å². The number of nitrogens with one attached hydrogen (secondary N) is 1. The molecule has 6 nitrogen and oxygen atoms in total. The largest absolute Gasteiger partial charge is 0.324 e. The van der Waals surface area contributed by atoms with E-state index < -0.39 is 17.4 Å². The van der Waals surface area contributed by atoms with Gasteiger partial charge in [0.25, 0.3) is 0 Å². The molecule has 4 atom stereocenters. The van der Waals surface area contributed by atoms with Crippen molar-refractivity contribution in [3.8, 4) is 0 Å². The molecule has 0 saturated carbocycles. The van der Waals surface area contributed by atoms with Gasteiger partial charge in [0.15, 0.2) is 0 Å². The first-order valence-corrected chi connectivity index (χ1v) is 11.1. The first kappa shape index (κ1) is 19.0.